The van der Waals surface area contributed by atoms with E-state index in [0.29, 0.717) is 31.9 Å². The van der Waals surface area contributed by atoms with Gasteiger partial charge in [0, 0.05) is 17.1 Å². The summed E-state index contributed by atoms with van der Waals surface area (Å²) in [5, 5.41) is 4.05. The maximum atomic E-state index is 13.6. The molecule has 4 nitrogen and oxygen atoms in total. The number of carbonyl (C=O) groups excluding carboxylic acids is 1. The van der Waals surface area contributed by atoms with Crippen molar-refractivity contribution in [1.29, 1.82) is 0 Å². The lowest BCUT2D eigenvalue weighted by molar-refractivity contribution is 0.0954. The molecule has 0 atom stereocenters. The molecule has 7 heteroatoms. The smallest absolute Gasteiger partial charge is 0.263 e. The van der Waals surface area contributed by atoms with E-state index >= 15 is 0 Å². The Hall–Kier alpha value is -2.44. The summed E-state index contributed by atoms with van der Waals surface area (Å²) >= 11 is 7.10. The van der Waals surface area contributed by atoms with Gasteiger partial charge in [-0.15, -0.1) is 11.3 Å². The lowest BCUT2D eigenvalue weighted by Gasteiger charge is -2.05. The molecule has 0 radical (unpaired) electrons. The van der Waals surface area contributed by atoms with Gasteiger partial charge in [0.1, 0.15) is 28.1 Å². The molecule has 1 heterocycles. The zero-order valence-corrected chi connectivity index (χ0v) is 15.5. The minimum atomic E-state index is -0.342. The van der Waals surface area contributed by atoms with Crippen LogP contribution in [0, 0.1) is 12.7 Å². The first-order valence-electron chi connectivity index (χ1n) is 7.89. The van der Waals surface area contributed by atoms with Crippen molar-refractivity contribution in [2.24, 2.45) is 0 Å². The third kappa shape index (κ3) is 4.59. The van der Waals surface area contributed by atoms with E-state index in [-0.39, 0.29) is 24.9 Å². The number of hydrogen-bond donors (Lipinski definition) is 1. The summed E-state index contributed by atoms with van der Waals surface area (Å²) in [6.07, 6.45) is 0. The molecule has 0 saturated carbocycles. The molecule has 134 valence electrons. The molecule has 0 aliphatic heterocycles. The molecule has 0 aliphatic carbocycles. The topological polar surface area (TPSA) is 51.2 Å². The minimum absolute atomic E-state index is 0.124. The van der Waals surface area contributed by atoms with Crippen LogP contribution in [0.4, 0.5) is 4.39 Å². The van der Waals surface area contributed by atoms with Crippen LogP contribution in [0.25, 0.3) is 0 Å². The van der Waals surface area contributed by atoms with Crippen molar-refractivity contribution in [2.75, 3.05) is 0 Å². The van der Waals surface area contributed by atoms with Crippen LogP contribution >= 0.6 is 22.9 Å². The number of thiazole rings is 1. The lowest BCUT2D eigenvalue weighted by Crippen LogP contribution is -2.23. The number of halogens is 2. The number of carbonyl (C=O) groups is 1. The maximum Gasteiger partial charge on any atom is 0.263 e. The Morgan fingerprint density at radius 3 is 2.69 bits per heavy atom. The normalized spacial score (nSPS) is 10.6. The highest BCUT2D eigenvalue weighted by Gasteiger charge is 2.16. The van der Waals surface area contributed by atoms with E-state index in [0.717, 1.165) is 0 Å². The van der Waals surface area contributed by atoms with Gasteiger partial charge in [0.15, 0.2) is 0 Å². The monoisotopic (exact) mass is 390 g/mol. The van der Waals surface area contributed by atoms with Gasteiger partial charge in [-0.1, -0.05) is 29.8 Å². The molecule has 26 heavy (non-hydrogen) atoms. The molecule has 0 saturated heterocycles. The Morgan fingerprint density at radius 1 is 1.23 bits per heavy atom. The SMILES string of the molecule is Cc1nc(COc2ccc(Cl)cc2)sc1C(=O)NCc1ccccc1F. The average molecular weight is 391 g/mol. The standard InChI is InChI=1S/C19H16ClFN2O2S/c1-12-18(19(24)22-10-13-4-2-3-5-16(13)21)26-17(23-12)11-25-15-8-6-14(20)7-9-15/h2-9H,10-11H2,1H3,(H,22,24). The summed E-state index contributed by atoms with van der Waals surface area (Å²) < 4.78 is 19.3. The van der Waals surface area contributed by atoms with E-state index in [1.807, 2.05) is 0 Å². The summed E-state index contributed by atoms with van der Waals surface area (Å²) in [5.74, 6) is 0.0553. The molecule has 2 aromatic carbocycles. The van der Waals surface area contributed by atoms with Gasteiger partial charge in [-0.25, -0.2) is 9.37 Å². The van der Waals surface area contributed by atoms with Crippen molar-refractivity contribution < 1.29 is 13.9 Å². The van der Waals surface area contributed by atoms with E-state index < -0.39 is 0 Å². The zero-order valence-electron chi connectivity index (χ0n) is 14.0. The molecule has 1 amide bonds. The van der Waals surface area contributed by atoms with Crippen molar-refractivity contribution in [3.05, 3.63) is 80.5 Å². The Balaban J connectivity index is 1.61. The predicted molar refractivity (Wildman–Crippen MR) is 100 cm³/mol. The molecule has 0 aliphatic rings. The summed E-state index contributed by atoms with van der Waals surface area (Å²) in [7, 11) is 0. The van der Waals surface area contributed by atoms with E-state index in [9.17, 15) is 9.18 Å². The number of rotatable bonds is 6. The van der Waals surface area contributed by atoms with Crippen LogP contribution in [0.5, 0.6) is 5.75 Å². The fraction of sp³-hybridized carbons (Fsp3) is 0.158. The number of benzene rings is 2. The third-order valence-electron chi connectivity index (χ3n) is 3.62. The predicted octanol–water partition coefficient (Wildman–Crippen LogP) is 4.75. The van der Waals surface area contributed by atoms with Gasteiger partial charge in [-0.2, -0.15) is 0 Å². The first kappa shape index (κ1) is 18.4. The number of nitrogens with one attached hydrogen (secondary N) is 1. The molecular weight excluding hydrogens is 375 g/mol. The molecule has 0 fully saturated rings. The van der Waals surface area contributed by atoms with E-state index in [4.69, 9.17) is 16.3 Å². The highest BCUT2D eigenvalue weighted by atomic mass is 35.5. The van der Waals surface area contributed by atoms with Crippen LogP contribution in [0.2, 0.25) is 5.02 Å². The lowest BCUT2D eigenvalue weighted by atomic mass is 10.2. The number of nitrogens with zero attached hydrogens (tertiary/aromatic N) is 1. The first-order valence-corrected chi connectivity index (χ1v) is 9.08. The first-order chi connectivity index (χ1) is 12.5. The van der Waals surface area contributed by atoms with Crippen molar-refractivity contribution in [3.8, 4) is 5.75 Å². The van der Waals surface area contributed by atoms with Crippen molar-refractivity contribution in [1.82, 2.24) is 10.3 Å². The molecule has 3 aromatic rings. The Morgan fingerprint density at radius 2 is 1.96 bits per heavy atom. The number of hydrogen-bond acceptors (Lipinski definition) is 4. The second-order valence-electron chi connectivity index (χ2n) is 5.54. The van der Waals surface area contributed by atoms with E-state index in [1.54, 1.807) is 49.4 Å². The molecule has 0 unspecified atom stereocenters. The Bertz CT molecular complexity index is 912. The highest BCUT2D eigenvalue weighted by molar-refractivity contribution is 7.13. The average Bonchev–Trinajstić information content (AvgIpc) is 3.01. The number of aryl methyl sites for hydroxylation is 1. The fourth-order valence-corrected chi connectivity index (χ4v) is 3.32. The van der Waals surface area contributed by atoms with Crippen LogP contribution in [0.15, 0.2) is 48.5 Å². The van der Waals surface area contributed by atoms with Gasteiger partial charge >= 0.3 is 0 Å². The summed E-state index contributed by atoms with van der Waals surface area (Å²) in [6, 6.07) is 13.4. The number of aromatic nitrogens is 1. The summed E-state index contributed by atoms with van der Waals surface area (Å²) in [4.78, 5) is 17.2. The van der Waals surface area contributed by atoms with Gasteiger partial charge in [-0.3, -0.25) is 4.79 Å². The summed E-state index contributed by atoms with van der Waals surface area (Å²) in [5.41, 5.74) is 1.06. The molecule has 3 rings (SSSR count). The highest BCUT2D eigenvalue weighted by Crippen LogP contribution is 2.21. The van der Waals surface area contributed by atoms with Crippen LogP contribution in [0.3, 0.4) is 0 Å². The Kier molecular flexibility index (Phi) is 5.85. The van der Waals surface area contributed by atoms with Gasteiger partial charge < -0.3 is 10.1 Å². The van der Waals surface area contributed by atoms with Crippen LogP contribution in [-0.4, -0.2) is 10.9 Å². The molecule has 1 N–H and O–H groups in total. The van der Waals surface area contributed by atoms with E-state index in [2.05, 4.69) is 10.3 Å². The maximum absolute atomic E-state index is 13.6. The van der Waals surface area contributed by atoms with Crippen LogP contribution in [-0.2, 0) is 13.2 Å². The quantitative estimate of drug-likeness (QED) is 0.660. The van der Waals surface area contributed by atoms with E-state index in [1.165, 1.54) is 17.4 Å². The Labute approximate surface area is 159 Å². The zero-order chi connectivity index (χ0) is 18.5. The second-order valence-corrected chi connectivity index (χ2v) is 7.06. The van der Waals surface area contributed by atoms with Crippen molar-refractivity contribution in [2.45, 2.75) is 20.1 Å². The van der Waals surface area contributed by atoms with Gasteiger partial charge in [0.25, 0.3) is 5.91 Å². The number of ether oxygens (including phenoxy) is 1. The molecule has 0 spiro atoms. The van der Waals surface area contributed by atoms with Gasteiger partial charge in [-0.05, 0) is 37.3 Å². The minimum Gasteiger partial charge on any atom is -0.486 e. The molecular formula is C19H16ClFN2O2S. The van der Waals surface area contributed by atoms with Gasteiger partial charge in [0.2, 0.25) is 0 Å². The van der Waals surface area contributed by atoms with Crippen LogP contribution in [0.1, 0.15) is 25.9 Å². The molecule has 1 aromatic heterocycles. The molecule has 0 bridgehead atoms. The van der Waals surface area contributed by atoms with Gasteiger partial charge in [0.05, 0.1) is 5.69 Å². The van der Waals surface area contributed by atoms with Crippen LogP contribution < -0.4 is 10.1 Å². The second kappa shape index (κ2) is 8.29. The van der Waals surface area contributed by atoms with Crippen molar-refractivity contribution >= 4 is 28.8 Å². The number of amides is 1. The summed E-state index contributed by atoms with van der Waals surface area (Å²) in [6.45, 7) is 2.15. The largest absolute Gasteiger partial charge is 0.486 e. The fourth-order valence-electron chi connectivity index (χ4n) is 2.30. The van der Waals surface area contributed by atoms with Crippen molar-refractivity contribution in [3.63, 3.8) is 0 Å². The third-order valence-corrected chi connectivity index (χ3v) is 5.00.